The van der Waals surface area contributed by atoms with E-state index in [1.807, 2.05) is 25.1 Å². The van der Waals surface area contributed by atoms with Crippen LogP contribution in [0.5, 0.6) is 0 Å². The fraction of sp³-hybridized carbons (Fsp3) is 0.0870. The monoisotopic (exact) mass is 358 g/mol. The largest absolute Gasteiger partial charge is 0.454 e. The average Bonchev–Trinajstić information content (AvgIpc) is 2.72. The van der Waals surface area contributed by atoms with E-state index in [0.717, 1.165) is 5.56 Å². The van der Waals surface area contributed by atoms with Gasteiger partial charge in [-0.25, -0.2) is 4.79 Å². The van der Waals surface area contributed by atoms with Crippen LogP contribution in [0.25, 0.3) is 0 Å². The molecule has 0 fully saturated rings. The molecule has 0 spiro atoms. The van der Waals surface area contributed by atoms with Gasteiger partial charge in [0.25, 0.3) is 0 Å². The normalized spacial score (nSPS) is 10.3. The van der Waals surface area contributed by atoms with Crippen LogP contribution in [0.2, 0.25) is 0 Å². The van der Waals surface area contributed by atoms with Crippen LogP contribution in [0.3, 0.4) is 0 Å². The molecule has 0 saturated heterocycles. The van der Waals surface area contributed by atoms with E-state index in [-0.39, 0.29) is 29.3 Å². The minimum absolute atomic E-state index is 0.142. The van der Waals surface area contributed by atoms with E-state index < -0.39 is 5.97 Å². The Morgan fingerprint density at radius 1 is 0.704 bits per heavy atom. The Morgan fingerprint density at radius 2 is 1.30 bits per heavy atom. The van der Waals surface area contributed by atoms with Gasteiger partial charge in [0.15, 0.2) is 18.2 Å². The first kappa shape index (κ1) is 18.3. The van der Waals surface area contributed by atoms with Gasteiger partial charge in [-0.1, -0.05) is 78.4 Å². The molecule has 0 radical (unpaired) electrons. The fourth-order valence-electron chi connectivity index (χ4n) is 2.64. The standard InChI is InChI=1S/C23H18O4/c1-16-11-13-17(14-12-16)21(24)15-27-23(26)20-10-6-5-9-19(20)22(25)18-7-3-2-4-8-18/h2-14H,15H2,1H3. The van der Waals surface area contributed by atoms with Crippen LogP contribution in [-0.2, 0) is 4.74 Å². The molecule has 0 amide bonds. The summed E-state index contributed by atoms with van der Waals surface area (Å²) in [4.78, 5) is 37.3. The summed E-state index contributed by atoms with van der Waals surface area (Å²) in [7, 11) is 0. The predicted molar refractivity (Wildman–Crippen MR) is 102 cm³/mol. The van der Waals surface area contributed by atoms with Crippen LogP contribution in [0.1, 0.15) is 42.2 Å². The highest BCUT2D eigenvalue weighted by Gasteiger charge is 2.20. The van der Waals surface area contributed by atoms with E-state index in [0.29, 0.717) is 11.1 Å². The van der Waals surface area contributed by atoms with Crippen molar-refractivity contribution in [2.75, 3.05) is 6.61 Å². The molecule has 27 heavy (non-hydrogen) atoms. The van der Waals surface area contributed by atoms with Crippen LogP contribution < -0.4 is 0 Å². The summed E-state index contributed by atoms with van der Waals surface area (Å²) < 4.78 is 5.16. The van der Waals surface area contributed by atoms with E-state index in [4.69, 9.17) is 4.74 Å². The van der Waals surface area contributed by atoms with Gasteiger partial charge in [-0.15, -0.1) is 0 Å². The summed E-state index contributed by atoms with van der Waals surface area (Å²) in [5.74, 6) is -1.27. The van der Waals surface area contributed by atoms with Crippen molar-refractivity contribution in [1.82, 2.24) is 0 Å². The Hall–Kier alpha value is -3.53. The van der Waals surface area contributed by atoms with Crippen molar-refractivity contribution in [3.8, 4) is 0 Å². The van der Waals surface area contributed by atoms with E-state index >= 15 is 0 Å². The Kier molecular flexibility index (Phi) is 5.57. The molecule has 0 aliphatic rings. The van der Waals surface area contributed by atoms with Crippen molar-refractivity contribution in [2.45, 2.75) is 6.92 Å². The van der Waals surface area contributed by atoms with Crippen molar-refractivity contribution in [2.24, 2.45) is 0 Å². The third-order valence-corrected chi connectivity index (χ3v) is 4.14. The van der Waals surface area contributed by atoms with Crippen LogP contribution in [-0.4, -0.2) is 24.1 Å². The second kappa shape index (κ2) is 8.23. The number of carbonyl (C=O) groups is 3. The lowest BCUT2D eigenvalue weighted by atomic mass is 9.98. The number of hydrogen-bond donors (Lipinski definition) is 0. The number of ketones is 2. The zero-order valence-electron chi connectivity index (χ0n) is 14.8. The first-order valence-electron chi connectivity index (χ1n) is 8.52. The average molecular weight is 358 g/mol. The van der Waals surface area contributed by atoms with Crippen molar-refractivity contribution in [1.29, 1.82) is 0 Å². The minimum Gasteiger partial charge on any atom is -0.454 e. The van der Waals surface area contributed by atoms with E-state index in [2.05, 4.69) is 0 Å². The number of aryl methyl sites for hydroxylation is 1. The molecule has 0 aliphatic carbocycles. The topological polar surface area (TPSA) is 60.4 Å². The molecular formula is C23H18O4. The van der Waals surface area contributed by atoms with Gasteiger partial charge >= 0.3 is 5.97 Å². The van der Waals surface area contributed by atoms with E-state index in [1.165, 1.54) is 6.07 Å². The highest BCUT2D eigenvalue weighted by molar-refractivity contribution is 6.14. The molecule has 0 unspecified atom stereocenters. The predicted octanol–water partition coefficient (Wildman–Crippen LogP) is 4.27. The van der Waals surface area contributed by atoms with Crippen molar-refractivity contribution in [3.05, 3.63) is 107 Å². The number of rotatable bonds is 6. The Labute approximate surface area is 157 Å². The number of ether oxygens (including phenoxy) is 1. The number of hydrogen-bond acceptors (Lipinski definition) is 4. The molecule has 3 aromatic rings. The summed E-state index contributed by atoms with van der Waals surface area (Å²) in [6.45, 7) is 1.55. The maximum absolute atomic E-state index is 12.7. The maximum atomic E-state index is 12.7. The SMILES string of the molecule is Cc1ccc(C(=O)COC(=O)c2ccccc2C(=O)c2ccccc2)cc1. The van der Waals surface area contributed by atoms with Gasteiger partial charge in [-0.05, 0) is 13.0 Å². The quantitative estimate of drug-likeness (QED) is 0.488. The molecule has 0 aliphatic heterocycles. The van der Waals surface area contributed by atoms with Gasteiger partial charge < -0.3 is 4.74 Å². The Balaban J connectivity index is 1.75. The molecule has 4 nitrogen and oxygen atoms in total. The Morgan fingerprint density at radius 3 is 1.96 bits per heavy atom. The molecule has 0 heterocycles. The minimum atomic E-state index is -0.699. The van der Waals surface area contributed by atoms with Crippen LogP contribution in [0, 0.1) is 6.92 Å². The maximum Gasteiger partial charge on any atom is 0.339 e. The molecule has 134 valence electrons. The highest BCUT2D eigenvalue weighted by atomic mass is 16.5. The lowest BCUT2D eigenvalue weighted by Gasteiger charge is -2.09. The van der Waals surface area contributed by atoms with Crippen molar-refractivity contribution >= 4 is 17.5 Å². The summed E-state index contributed by atoms with van der Waals surface area (Å²) in [5.41, 5.74) is 2.38. The number of carbonyl (C=O) groups excluding carboxylic acids is 3. The molecule has 3 aromatic carbocycles. The summed E-state index contributed by atoms with van der Waals surface area (Å²) >= 11 is 0. The number of esters is 1. The smallest absolute Gasteiger partial charge is 0.339 e. The summed E-state index contributed by atoms with van der Waals surface area (Å²) in [6, 6.07) is 22.2. The van der Waals surface area contributed by atoms with Gasteiger partial charge in [-0.2, -0.15) is 0 Å². The van der Waals surface area contributed by atoms with Gasteiger partial charge in [0, 0.05) is 16.7 Å². The Bertz CT molecular complexity index is 973. The molecule has 0 N–H and O–H groups in total. The molecule has 0 aromatic heterocycles. The first-order chi connectivity index (χ1) is 13.1. The lowest BCUT2D eigenvalue weighted by Crippen LogP contribution is -2.17. The lowest BCUT2D eigenvalue weighted by molar-refractivity contribution is 0.0473. The van der Waals surface area contributed by atoms with Gasteiger partial charge in [0.1, 0.15) is 0 Å². The van der Waals surface area contributed by atoms with Crippen LogP contribution in [0.4, 0.5) is 0 Å². The second-order valence-electron chi connectivity index (χ2n) is 6.11. The first-order valence-corrected chi connectivity index (χ1v) is 8.52. The molecule has 4 heteroatoms. The molecular weight excluding hydrogens is 340 g/mol. The zero-order valence-corrected chi connectivity index (χ0v) is 14.8. The van der Waals surface area contributed by atoms with Gasteiger partial charge in [-0.3, -0.25) is 9.59 Å². The zero-order chi connectivity index (χ0) is 19.2. The molecule has 0 saturated carbocycles. The van der Waals surface area contributed by atoms with Gasteiger partial charge in [0.05, 0.1) is 5.56 Å². The van der Waals surface area contributed by atoms with E-state index in [9.17, 15) is 14.4 Å². The fourth-order valence-corrected chi connectivity index (χ4v) is 2.64. The summed E-state index contributed by atoms with van der Waals surface area (Å²) in [6.07, 6.45) is 0. The van der Waals surface area contributed by atoms with Gasteiger partial charge in [0.2, 0.25) is 0 Å². The van der Waals surface area contributed by atoms with Crippen molar-refractivity contribution < 1.29 is 19.1 Å². The number of benzene rings is 3. The third kappa shape index (κ3) is 4.36. The molecule has 0 atom stereocenters. The number of Topliss-reactive ketones (excluding diaryl/α,β-unsaturated/α-hetero) is 1. The second-order valence-corrected chi connectivity index (χ2v) is 6.11. The third-order valence-electron chi connectivity index (χ3n) is 4.14. The van der Waals surface area contributed by atoms with Crippen molar-refractivity contribution in [3.63, 3.8) is 0 Å². The molecule has 0 bridgehead atoms. The molecule has 3 rings (SSSR count). The highest BCUT2D eigenvalue weighted by Crippen LogP contribution is 2.16. The van der Waals surface area contributed by atoms with E-state index in [1.54, 1.807) is 54.6 Å². The van der Waals surface area contributed by atoms with Crippen LogP contribution >= 0.6 is 0 Å². The summed E-state index contributed by atoms with van der Waals surface area (Å²) in [5, 5.41) is 0. The van der Waals surface area contributed by atoms with Crippen LogP contribution in [0.15, 0.2) is 78.9 Å².